The van der Waals surface area contributed by atoms with Crippen molar-refractivity contribution in [3.63, 3.8) is 0 Å². The first-order chi connectivity index (χ1) is 13.6. The molecule has 3 rings (SSSR count). The summed E-state index contributed by atoms with van der Waals surface area (Å²) in [7, 11) is 1.60. The van der Waals surface area contributed by atoms with Crippen LogP contribution in [0.1, 0.15) is 30.6 Å². The molecule has 28 heavy (non-hydrogen) atoms. The average molecular weight is 379 g/mol. The van der Waals surface area contributed by atoms with Crippen LogP contribution in [0.2, 0.25) is 0 Å². The Kier molecular flexibility index (Phi) is 5.99. The summed E-state index contributed by atoms with van der Waals surface area (Å²) in [5.41, 5.74) is 2.61. The summed E-state index contributed by atoms with van der Waals surface area (Å²) < 4.78 is 7.20. The predicted octanol–water partition coefficient (Wildman–Crippen LogP) is 3.72. The lowest BCUT2D eigenvalue weighted by Crippen LogP contribution is -2.24. The SMILES string of the molecule is C/C=C/Cn1cc(-c2cc(C(=O)NCCC)ccc2OC)c2cc[nH]c2c1=O. The van der Waals surface area contributed by atoms with Crippen LogP contribution in [0.25, 0.3) is 22.0 Å². The molecule has 0 aliphatic rings. The number of allylic oxidation sites excluding steroid dienone is 2. The summed E-state index contributed by atoms with van der Waals surface area (Å²) in [6, 6.07) is 7.22. The number of aromatic amines is 1. The van der Waals surface area contributed by atoms with Crippen molar-refractivity contribution in [3.05, 3.63) is 64.7 Å². The van der Waals surface area contributed by atoms with Crippen LogP contribution in [-0.2, 0) is 6.54 Å². The van der Waals surface area contributed by atoms with Gasteiger partial charge in [0.25, 0.3) is 11.5 Å². The smallest absolute Gasteiger partial charge is 0.275 e. The number of nitrogens with zero attached hydrogens (tertiary/aromatic N) is 1. The maximum atomic E-state index is 12.7. The van der Waals surface area contributed by atoms with Gasteiger partial charge in [-0.15, -0.1) is 0 Å². The van der Waals surface area contributed by atoms with E-state index in [2.05, 4.69) is 10.3 Å². The Morgan fingerprint density at radius 2 is 2.11 bits per heavy atom. The number of H-pyrrole nitrogens is 1. The number of carbonyl (C=O) groups excluding carboxylic acids is 1. The van der Waals surface area contributed by atoms with Crippen molar-refractivity contribution >= 4 is 16.8 Å². The molecule has 0 aliphatic carbocycles. The van der Waals surface area contributed by atoms with Gasteiger partial charge in [-0.05, 0) is 37.6 Å². The van der Waals surface area contributed by atoms with E-state index < -0.39 is 0 Å². The zero-order chi connectivity index (χ0) is 20.1. The molecule has 2 aromatic heterocycles. The van der Waals surface area contributed by atoms with Crippen molar-refractivity contribution in [2.75, 3.05) is 13.7 Å². The Balaban J connectivity index is 2.20. The molecule has 0 spiro atoms. The van der Waals surface area contributed by atoms with Gasteiger partial charge in [-0.1, -0.05) is 19.1 Å². The summed E-state index contributed by atoms with van der Waals surface area (Å²) in [4.78, 5) is 28.2. The number of rotatable bonds is 7. The Morgan fingerprint density at radius 1 is 1.29 bits per heavy atom. The molecule has 2 N–H and O–H groups in total. The molecule has 0 fully saturated rings. The predicted molar refractivity (Wildman–Crippen MR) is 112 cm³/mol. The minimum atomic E-state index is -0.127. The highest BCUT2D eigenvalue weighted by atomic mass is 16.5. The second-order valence-corrected chi connectivity index (χ2v) is 6.51. The van der Waals surface area contributed by atoms with Gasteiger partial charge in [0, 0.05) is 47.6 Å². The Morgan fingerprint density at radius 3 is 2.82 bits per heavy atom. The third-order valence-electron chi connectivity index (χ3n) is 4.62. The van der Waals surface area contributed by atoms with Crippen LogP contribution in [0.4, 0.5) is 0 Å². The number of pyridine rings is 1. The second kappa shape index (κ2) is 8.61. The summed E-state index contributed by atoms with van der Waals surface area (Å²) >= 11 is 0. The van der Waals surface area contributed by atoms with Crippen LogP contribution in [-0.4, -0.2) is 29.1 Å². The van der Waals surface area contributed by atoms with Crippen LogP contribution in [0.15, 0.2) is 53.6 Å². The molecule has 3 aromatic rings. The van der Waals surface area contributed by atoms with Gasteiger partial charge in [-0.25, -0.2) is 0 Å². The van der Waals surface area contributed by atoms with Gasteiger partial charge < -0.3 is 19.6 Å². The van der Waals surface area contributed by atoms with E-state index in [1.54, 1.807) is 30.0 Å². The van der Waals surface area contributed by atoms with Crippen LogP contribution < -0.4 is 15.6 Å². The molecule has 1 amide bonds. The van der Waals surface area contributed by atoms with Crippen molar-refractivity contribution in [2.24, 2.45) is 0 Å². The summed E-state index contributed by atoms with van der Waals surface area (Å²) in [6.07, 6.45) is 8.27. The van der Waals surface area contributed by atoms with Gasteiger partial charge in [-0.3, -0.25) is 9.59 Å². The number of hydrogen-bond donors (Lipinski definition) is 2. The fraction of sp³-hybridized carbons (Fsp3) is 0.273. The van der Waals surface area contributed by atoms with Crippen molar-refractivity contribution in [2.45, 2.75) is 26.8 Å². The summed E-state index contributed by atoms with van der Waals surface area (Å²) in [5.74, 6) is 0.518. The largest absolute Gasteiger partial charge is 0.496 e. The second-order valence-electron chi connectivity index (χ2n) is 6.51. The lowest BCUT2D eigenvalue weighted by atomic mass is 10.00. The number of carbonyl (C=O) groups is 1. The molecule has 6 heteroatoms. The van der Waals surface area contributed by atoms with Gasteiger partial charge in [0.15, 0.2) is 0 Å². The van der Waals surface area contributed by atoms with Gasteiger partial charge >= 0.3 is 0 Å². The lowest BCUT2D eigenvalue weighted by molar-refractivity contribution is 0.0953. The number of aromatic nitrogens is 2. The molecule has 0 atom stereocenters. The number of fused-ring (bicyclic) bond motifs is 1. The van der Waals surface area contributed by atoms with Gasteiger partial charge in [0.05, 0.1) is 7.11 Å². The molecule has 0 unspecified atom stereocenters. The highest BCUT2D eigenvalue weighted by Gasteiger charge is 2.17. The van der Waals surface area contributed by atoms with Crippen LogP contribution in [0.5, 0.6) is 5.75 Å². The van der Waals surface area contributed by atoms with E-state index in [-0.39, 0.29) is 11.5 Å². The minimum absolute atomic E-state index is 0.0855. The maximum absolute atomic E-state index is 12.7. The molecule has 0 bridgehead atoms. The molecule has 6 nitrogen and oxygen atoms in total. The average Bonchev–Trinajstić information content (AvgIpc) is 3.21. The van der Waals surface area contributed by atoms with E-state index in [0.717, 1.165) is 22.9 Å². The molecule has 0 radical (unpaired) electrons. The molecular formula is C22H25N3O3. The number of methoxy groups -OCH3 is 1. The van der Waals surface area contributed by atoms with Crippen molar-refractivity contribution in [3.8, 4) is 16.9 Å². The fourth-order valence-corrected chi connectivity index (χ4v) is 3.17. The highest BCUT2D eigenvalue weighted by molar-refractivity contribution is 6.00. The normalized spacial score (nSPS) is 11.2. The van der Waals surface area contributed by atoms with Crippen molar-refractivity contribution in [1.29, 1.82) is 0 Å². The number of hydrogen-bond acceptors (Lipinski definition) is 3. The molecule has 1 aromatic carbocycles. The molecule has 2 heterocycles. The lowest BCUT2D eigenvalue weighted by Gasteiger charge is -2.14. The van der Waals surface area contributed by atoms with Gasteiger partial charge in [0.2, 0.25) is 0 Å². The number of benzene rings is 1. The molecule has 0 saturated heterocycles. The first kappa shape index (κ1) is 19.5. The third-order valence-corrected chi connectivity index (χ3v) is 4.62. The topological polar surface area (TPSA) is 76.1 Å². The summed E-state index contributed by atoms with van der Waals surface area (Å²) in [5, 5.41) is 3.69. The quantitative estimate of drug-likeness (QED) is 0.614. The first-order valence-corrected chi connectivity index (χ1v) is 9.39. The number of amides is 1. The zero-order valence-corrected chi connectivity index (χ0v) is 16.4. The Hall–Kier alpha value is -3.28. The van der Waals surface area contributed by atoms with E-state index in [4.69, 9.17) is 4.74 Å². The monoisotopic (exact) mass is 379 g/mol. The highest BCUT2D eigenvalue weighted by Crippen LogP contribution is 2.34. The Bertz CT molecular complexity index is 1080. The fourth-order valence-electron chi connectivity index (χ4n) is 3.17. The minimum Gasteiger partial charge on any atom is -0.496 e. The zero-order valence-electron chi connectivity index (χ0n) is 16.4. The molecule has 0 aliphatic heterocycles. The van der Waals surface area contributed by atoms with E-state index in [9.17, 15) is 9.59 Å². The maximum Gasteiger partial charge on any atom is 0.275 e. The van der Waals surface area contributed by atoms with Crippen molar-refractivity contribution < 1.29 is 9.53 Å². The summed E-state index contributed by atoms with van der Waals surface area (Å²) in [6.45, 7) is 5.02. The van der Waals surface area contributed by atoms with E-state index in [1.165, 1.54) is 0 Å². The standard InChI is InChI=1S/C22H25N3O3/c1-4-6-12-25-14-18(16-9-11-23-20(16)22(25)27)17-13-15(7-8-19(17)28-3)21(26)24-10-5-2/h4,6-9,11,13-14,23H,5,10,12H2,1-3H3,(H,24,26)/b6-4+. The molecule has 146 valence electrons. The van der Waals surface area contributed by atoms with Crippen LogP contribution in [0.3, 0.4) is 0 Å². The van der Waals surface area contributed by atoms with Crippen LogP contribution in [0, 0.1) is 0 Å². The number of ether oxygens (including phenoxy) is 1. The number of nitrogens with one attached hydrogen (secondary N) is 2. The van der Waals surface area contributed by atoms with E-state index in [1.807, 2.05) is 44.3 Å². The first-order valence-electron chi connectivity index (χ1n) is 9.39. The third kappa shape index (κ3) is 3.71. The van der Waals surface area contributed by atoms with Gasteiger partial charge in [-0.2, -0.15) is 0 Å². The Labute approximate surface area is 163 Å². The molecular weight excluding hydrogens is 354 g/mol. The van der Waals surface area contributed by atoms with E-state index in [0.29, 0.717) is 29.9 Å². The molecule has 0 saturated carbocycles. The van der Waals surface area contributed by atoms with Crippen LogP contribution >= 0.6 is 0 Å². The van der Waals surface area contributed by atoms with E-state index >= 15 is 0 Å². The van der Waals surface area contributed by atoms with Crippen molar-refractivity contribution in [1.82, 2.24) is 14.9 Å². The van der Waals surface area contributed by atoms with Gasteiger partial charge in [0.1, 0.15) is 11.3 Å².